The Morgan fingerprint density at radius 1 is 1.15 bits per heavy atom. The summed E-state index contributed by atoms with van der Waals surface area (Å²) in [5, 5.41) is 7.07. The predicted octanol–water partition coefficient (Wildman–Crippen LogP) is 3.31. The number of amides is 1. The molecule has 0 saturated carbocycles. The number of methoxy groups -OCH3 is 1. The topological polar surface area (TPSA) is 107 Å². The van der Waals surface area contributed by atoms with Crippen LogP contribution in [0.15, 0.2) is 48.5 Å². The van der Waals surface area contributed by atoms with Crippen molar-refractivity contribution in [3.05, 3.63) is 76.9 Å². The highest BCUT2D eigenvalue weighted by Crippen LogP contribution is 2.31. The molecular weight excluding hydrogens is 423 g/mol. The molecule has 0 fully saturated rings. The van der Waals surface area contributed by atoms with Crippen LogP contribution in [0.2, 0.25) is 0 Å². The normalized spacial score (nSPS) is 11.0. The largest absolute Gasteiger partial charge is 0.491 e. The molecule has 33 heavy (non-hydrogen) atoms. The number of rotatable bonds is 8. The van der Waals surface area contributed by atoms with Gasteiger partial charge in [-0.05, 0) is 49.9 Å². The summed E-state index contributed by atoms with van der Waals surface area (Å²) in [6, 6.07) is 13.6. The van der Waals surface area contributed by atoms with Gasteiger partial charge in [-0.3, -0.25) is 9.36 Å². The number of aryl methyl sites for hydroxylation is 1. The number of aromatic nitrogens is 3. The number of carbonyl (C=O) groups is 1. The highest BCUT2D eigenvalue weighted by molar-refractivity contribution is 6.06. The van der Waals surface area contributed by atoms with Crippen molar-refractivity contribution in [2.24, 2.45) is 5.73 Å². The summed E-state index contributed by atoms with van der Waals surface area (Å²) in [7, 11) is 3.37. The minimum atomic E-state index is -0.498. The van der Waals surface area contributed by atoms with Gasteiger partial charge in [-0.2, -0.15) is 4.98 Å². The molecule has 4 rings (SSSR count). The lowest BCUT2D eigenvalue weighted by Gasteiger charge is -2.17. The van der Waals surface area contributed by atoms with Crippen LogP contribution in [0.4, 0.5) is 10.2 Å². The molecule has 2 aromatic carbocycles. The average molecular weight is 449 g/mol. The molecule has 0 atom stereocenters. The van der Waals surface area contributed by atoms with E-state index in [4.69, 9.17) is 20.4 Å². The Balaban J connectivity index is 1.85. The van der Waals surface area contributed by atoms with E-state index in [9.17, 15) is 9.18 Å². The van der Waals surface area contributed by atoms with Crippen molar-refractivity contribution in [2.45, 2.75) is 20.0 Å². The van der Waals surface area contributed by atoms with E-state index in [1.807, 2.05) is 36.7 Å². The van der Waals surface area contributed by atoms with Crippen molar-refractivity contribution in [3.63, 3.8) is 0 Å². The zero-order valence-corrected chi connectivity index (χ0v) is 18.6. The fourth-order valence-electron chi connectivity index (χ4n) is 3.88. The summed E-state index contributed by atoms with van der Waals surface area (Å²) in [5.74, 6) is 0.583. The minimum absolute atomic E-state index is 0.305. The summed E-state index contributed by atoms with van der Waals surface area (Å²) in [5.41, 5.74) is 9.03. The number of primary amides is 1. The first-order valence-electron chi connectivity index (χ1n) is 10.4. The molecule has 0 aliphatic heterocycles. The summed E-state index contributed by atoms with van der Waals surface area (Å²) < 4.78 is 21.1. The van der Waals surface area contributed by atoms with Gasteiger partial charge in [-0.15, -0.1) is 0 Å². The van der Waals surface area contributed by atoms with Crippen molar-refractivity contribution in [1.82, 2.24) is 19.9 Å². The van der Waals surface area contributed by atoms with Gasteiger partial charge in [-0.1, -0.05) is 18.2 Å². The number of benzene rings is 2. The van der Waals surface area contributed by atoms with Crippen LogP contribution in [-0.4, -0.2) is 34.6 Å². The molecule has 9 heteroatoms. The zero-order valence-electron chi connectivity index (χ0n) is 18.6. The van der Waals surface area contributed by atoms with E-state index < -0.39 is 5.91 Å². The van der Waals surface area contributed by atoms with Crippen LogP contribution in [0, 0.1) is 12.7 Å². The smallest absolute Gasteiger partial charge is 0.249 e. The summed E-state index contributed by atoms with van der Waals surface area (Å²) >= 11 is 0. The van der Waals surface area contributed by atoms with E-state index in [0.29, 0.717) is 41.9 Å². The summed E-state index contributed by atoms with van der Waals surface area (Å²) in [6.45, 7) is 2.70. The molecule has 0 aliphatic rings. The highest BCUT2D eigenvalue weighted by Gasteiger charge is 2.20. The molecule has 2 aromatic heterocycles. The number of anilines is 1. The van der Waals surface area contributed by atoms with E-state index >= 15 is 0 Å². The van der Waals surface area contributed by atoms with Crippen LogP contribution in [-0.2, 0) is 13.1 Å². The van der Waals surface area contributed by atoms with E-state index in [2.05, 4.69) is 10.6 Å². The molecule has 4 aromatic rings. The molecule has 1 amide bonds. The van der Waals surface area contributed by atoms with Gasteiger partial charge in [0, 0.05) is 29.7 Å². The lowest BCUT2D eigenvalue weighted by atomic mass is 10.1. The number of halogens is 1. The first-order chi connectivity index (χ1) is 15.9. The van der Waals surface area contributed by atoms with Crippen LogP contribution in [0.25, 0.3) is 16.9 Å². The predicted molar refractivity (Wildman–Crippen MR) is 125 cm³/mol. The van der Waals surface area contributed by atoms with Gasteiger partial charge < -0.3 is 21.1 Å². The van der Waals surface area contributed by atoms with Gasteiger partial charge in [0.15, 0.2) is 11.6 Å². The molecule has 0 bridgehead atoms. The minimum Gasteiger partial charge on any atom is -0.491 e. The van der Waals surface area contributed by atoms with Crippen molar-refractivity contribution in [3.8, 4) is 11.7 Å². The van der Waals surface area contributed by atoms with Gasteiger partial charge in [0.05, 0.1) is 12.6 Å². The fraction of sp³-hybridized carbons (Fsp3) is 0.208. The van der Waals surface area contributed by atoms with Crippen LogP contribution in [0.5, 0.6) is 5.75 Å². The Labute approximate surface area is 190 Å². The summed E-state index contributed by atoms with van der Waals surface area (Å²) in [6.07, 6.45) is 0. The molecular formula is C24H25FN6O2. The molecule has 170 valence electrons. The van der Waals surface area contributed by atoms with Crippen LogP contribution < -0.4 is 21.1 Å². The standard InChI is InChI=1S/C24H25FN6O2/c1-14-10-18-17(22(26)32)8-5-9-20(18)31(14)24-29-19(13-27-2)21(33-3)23(30-24)28-12-15-6-4-7-16(25)11-15/h4-11,27H,12-13H2,1-3H3,(H2,26,32)(H,28,29,30). The van der Waals surface area contributed by atoms with Gasteiger partial charge >= 0.3 is 0 Å². The lowest BCUT2D eigenvalue weighted by molar-refractivity contribution is 0.100. The Kier molecular flexibility index (Phi) is 6.23. The molecule has 0 radical (unpaired) electrons. The van der Waals surface area contributed by atoms with E-state index in [1.54, 1.807) is 25.3 Å². The van der Waals surface area contributed by atoms with Gasteiger partial charge in [0.2, 0.25) is 11.9 Å². The van der Waals surface area contributed by atoms with E-state index in [1.165, 1.54) is 12.1 Å². The molecule has 0 unspecified atom stereocenters. The molecule has 0 saturated heterocycles. The van der Waals surface area contributed by atoms with Crippen LogP contribution in [0.3, 0.4) is 0 Å². The number of nitrogens with one attached hydrogen (secondary N) is 2. The second-order valence-electron chi connectivity index (χ2n) is 7.59. The number of nitrogens with zero attached hydrogens (tertiary/aromatic N) is 3. The number of hydrogen-bond donors (Lipinski definition) is 3. The van der Waals surface area contributed by atoms with Crippen LogP contribution in [0.1, 0.15) is 27.3 Å². The van der Waals surface area contributed by atoms with Crippen molar-refractivity contribution in [2.75, 3.05) is 19.5 Å². The number of nitrogens with two attached hydrogens (primary N) is 1. The maximum Gasteiger partial charge on any atom is 0.249 e. The van der Waals surface area contributed by atoms with E-state index in [0.717, 1.165) is 22.2 Å². The van der Waals surface area contributed by atoms with Crippen molar-refractivity contribution in [1.29, 1.82) is 0 Å². The first kappa shape index (κ1) is 22.2. The number of carbonyl (C=O) groups excluding carboxylic acids is 1. The number of ether oxygens (including phenoxy) is 1. The monoisotopic (exact) mass is 448 g/mol. The number of hydrogen-bond acceptors (Lipinski definition) is 6. The Bertz CT molecular complexity index is 1330. The lowest BCUT2D eigenvalue weighted by Crippen LogP contribution is -2.15. The van der Waals surface area contributed by atoms with Crippen molar-refractivity contribution < 1.29 is 13.9 Å². The van der Waals surface area contributed by atoms with Gasteiger partial charge in [-0.25, -0.2) is 9.37 Å². The quantitative estimate of drug-likeness (QED) is 0.382. The molecule has 2 heterocycles. The third-order valence-corrected chi connectivity index (χ3v) is 5.32. The molecule has 0 aliphatic carbocycles. The SMILES string of the molecule is CNCc1nc(-n2c(C)cc3c(C(N)=O)cccc32)nc(NCc2cccc(F)c2)c1OC. The molecule has 0 spiro atoms. The second kappa shape index (κ2) is 9.25. The first-order valence-corrected chi connectivity index (χ1v) is 10.4. The third-order valence-electron chi connectivity index (χ3n) is 5.32. The van der Waals surface area contributed by atoms with Gasteiger partial charge in [0.1, 0.15) is 11.5 Å². The third kappa shape index (κ3) is 4.35. The Hall–Kier alpha value is -3.98. The van der Waals surface area contributed by atoms with Gasteiger partial charge in [0.25, 0.3) is 0 Å². The van der Waals surface area contributed by atoms with Crippen LogP contribution >= 0.6 is 0 Å². The summed E-state index contributed by atoms with van der Waals surface area (Å²) in [4.78, 5) is 21.4. The molecule has 8 nitrogen and oxygen atoms in total. The van der Waals surface area contributed by atoms with Crippen molar-refractivity contribution >= 4 is 22.6 Å². The maximum absolute atomic E-state index is 13.6. The molecule has 4 N–H and O–H groups in total. The van der Waals surface area contributed by atoms with E-state index in [-0.39, 0.29) is 5.82 Å². The average Bonchev–Trinajstić information content (AvgIpc) is 3.13. The maximum atomic E-state index is 13.6. The zero-order chi connectivity index (χ0) is 23.5. The Morgan fingerprint density at radius 2 is 1.94 bits per heavy atom. The second-order valence-corrected chi connectivity index (χ2v) is 7.59. The highest BCUT2D eigenvalue weighted by atomic mass is 19.1. The fourth-order valence-corrected chi connectivity index (χ4v) is 3.88. The number of fused-ring (bicyclic) bond motifs is 1. The Morgan fingerprint density at radius 3 is 2.64 bits per heavy atom.